The molecule has 0 unspecified atom stereocenters. The van der Waals surface area contributed by atoms with Crippen LogP contribution in [0.25, 0.3) is 44.8 Å². The van der Waals surface area contributed by atoms with Crippen LogP contribution in [0.5, 0.6) is 0 Å². The Balaban J connectivity index is 1.67. The summed E-state index contributed by atoms with van der Waals surface area (Å²) in [5.41, 5.74) is 8.39. The molecule has 6 heteroatoms. The Kier molecular flexibility index (Phi) is 5.35. The highest BCUT2D eigenvalue weighted by Crippen LogP contribution is 2.36. The van der Waals surface area contributed by atoms with Crippen LogP contribution in [0.15, 0.2) is 72.9 Å². The molecule has 0 saturated heterocycles. The topological polar surface area (TPSA) is 51.0 Å². The molecule has 0 bridgehead atoms. The normalized spacial score (nSPS) is 11.2. The molecule has 2 N–H and O–H groups in total. The Hall–Kier alpha value is -3.70. The van der Waals surface area contributed by atoms with Gasteiger partial charge in [0.05, 0.1) is 11.4 Å². The summed E-state index contributed by atoms with van der Waals surface area (Å²) in [4.78, 5) is 16.2. The van der Waals surface area contributed by atoms with Crippen LogP contribution in [-0.2, 0) is 0 Å². The first-order valence-corrected chi connectivity index (χ1v) is 11.2. The lowest BCUT2D eigenvalue weighted by molar-refractivity contribution is 1.13. The number of nitrogens with one attached hydrogen (secondary N) is 2. The first-order valence-electron chi connectivity index (χ1n) is 10.8. The fraction of sp³-hybridized carbons (Fsp3) is 0.148. The molecule has 166 valence electrons. The van der Waals surface area contributed by atoms with Crippen LogP contribution < -0.4 is 9.80 Å². The third kappa shape index (κ3) is 3.96. The molecule has 2 aromatic heterocycles. The Morgan fingerprint density at radius 1 is 0.758 bits per heavy atom. The molecule has 0 radical (unpaired) electrons. The van der Waals surface area contributed by atoms with Gasteiger partial charge in [0.2, 0.25) is 0 Å². The number of anilines is 2. The van der Waals surface area contributed by atoms with Gasteiger partial charge in [0.1, 0.15) is 5.82 Å². The van der Waals surface area contributed by atoms with Gasteiger partial charge < -0.3 is 19.8 Å². The molecule has 0 aliphatic carbocycles. The molecule has 5 nitrogen and oxygen atoms in total. The second-order valence-corrected chi connectivity index (χ2v) is 9.02. The quantitative estimate of drug-likeness (QED) is 0.311. The van der Waals surface area contributed by atoms with E-state index >= 15 is 0 Å². The standard InChI is InChI=1S/C27H26ClN5/c1-32(2)20-10-5-17(6-11-20)25-26(18-7-12-21(13-8-18)33(3)4)31-27(30-25)23-16-29-24-14-9-19(28)15-22(23)24/h5-16,29H,1-4H3,(H,30,31). The van der Waals surface area contributed by atoms with Crippen LogP contribution in [0.4, 0.5) is 11.4 Å². The van der Waals surface area contributed by atoms with Crippen LogP contribution >= 0.6 is 11.6 Å². The average Bonchev–Trinajstić information content (AvgIpc) is 3.43. The fourth-order valence-corrected chi connectivity index (χ4v) is 4.22. The molecule has 0 aliphatic heterocycles. The number of aromatic amines is 2. The van der Waals surface area contributed by atoms with Crippen LogP contribution in [0.3, 0.4) is 0 Å². The van der Waals surface area contributed by atoms with E-state index in [-0.39, 0.29) is 0 Å². The van der Waals surface area contributed by atoms with Gasteiger partial charge in [-0.05, 0) is 42.5 Å². The lowest BCUT2D eigenvalue weighted by Gasteiger charge is -2.13. The Morgan fingerprint density at radius 3 is 1.97 bits per heavy atom. The predicted octanol–water partition coefficient (Wildman–Crippen LogP) is 6.68. The number of aromatic nitrogens is 3. The van der Waals surface area contributed by atoms with Gasteiger partial charge in [0.25, 0.3) is 0 Å². The van der Waals surface area contributed by atoms with E-state index in [0.29, 0.717) is 5.02 Å². The van der Waals surface area contributed by atoms with Gasteiger partial charge in [-0.3, -0.25) is 0 Å². The molecular weight excluding hydrogens is 430 g/mol. The zero-order valence-electron chi connectivity index (χ0n) is 19.1. The van der Waals surface area contributed by atoms with Crippen molar-refractivity contribution in [3.8, 4) is 33.9 Å². The molecule has 0 fully saturated rings. The minimum atomic E-state index is 0.703. The lowest BCUT2D eigenvalue weighted by atomic mass is 10.0. The Morgan fingerprint density at radius 2 is 1.36 bits per heavy atom. The van der Waals surface area contributed by atoms with E-state index in [1.807, 2.05) is 52.6 Å². The third-order valence-corrected chi connectivity index (χ3v) is 6.17. The highest BCUT2D eigenvalue weighted by Gasteiger charge is 2.18. The van der Waals surface area contributed by atoms with E-state index < -0.39 is 0 Å². The van der Waals surface area contributed by atoms with Crippen molar-refractivity contribution in [1.82, 2.24) is 15.0 Å². The Bertz CT molecular complexity index is 1340. The molecule has 0 amide bonds. The largest absolute Gasteiger partial charge is 0.378 e. The number of hydrogen-bond donors (Lipinski definition) is 2. The summed E-state index contributed by atoms with van der Waals surface area (Å²) in [5, 5.41) is 1.74. The molecule has 5 rings (SSSR count). The lowest BCUT2D eigenvalue weighted by Crippen LogP contribution is -2.08. The van der Waals surface area contributed by atoms with E-state index in [0.717, 1.165) is 56.2 Å². The second kappa shape index (κ2) is 8.34. The van der Waals surface area contributed by atoms with Gasteiger partial charge in [-0.2, -0.15) is 0 Å². The van der Waals surface area contributed by atoms with Crippen molar-refractivity contribution in [2.24, 2.45) is 0 Å². The van der Waals surface area contributed by atoms with Crippen molar-refractivity contribution in [2.75, 3.05) is 38.0 Å². The van der Waals surface area contributed by atoms with Crippen molar-refractivity contribution in [2.45, 2.75) is 0 Å². The summed E-state index contributed by atoms with van der Waals surface area (Å²) in [7, 11) is 8.18. The molecule has 0 aliphatic rings. The number of nitrogens with zero attached hydrogens (tertiary/aromatic N) is 3. The molecule has 0 saturated carbocycles. The summed E-state index contributed by atoms with van der Waals surface area (Å²) >= 11 is 6.29. The van der Waals surface area contributed by atoms with Gasteiger partial charge >= 0.3 is 0 Å². The van der Waals surface area contributed by atoms with E-state index in [2.05, 4.69) is 68.3 Å². The zero-order chi connectivity index (χ0) is 23.1. The van der Waals surface area contributed by atoms with Crippen molar-refractivity contribution >= 4 is 33.9 Å². The number of fused-ring (bicyclic) bond motifs is 1. The van der Waals surface area contributed by atoms with Crippen molar-refractivity contribution in [1.29, 1.82) is 0 Å². The minimum absolute atomic E-state index is 0.703. The SMILES string of the molecule is CN(C)c1ccc(-c2nc(-c3c[nH]c4ccc(Cl)cc34)[nH]c2-c2ccc(N(C)C)cc2)cc1. The minimum Gasteiger partial charge on any atom is -0.378 e. The number of imidazole rings is 1. The first kappa shape index (κ1) is 21.2. The maximum absolute atomic E-state index is 6.29. The van der Waals surface area contributed by atoms with E-state index in [1.54, 1.807) is 0 Å². The van der Waals surface area contributed by atoms with Gasteiger partial charge in [-0.25, -0.2) is 4.98 Å². The smallest absolute Gasteiger partial charge is 0.140 e. The fourth-order valence-electron chi connectivity index (χ4n) is 4.05. The van der Waals surface area contributed by atoms with Crippen molar-refractivity contribution in [3.05, 3.63) is 77.9 Å². The van der Waals surface area contributed by atoms with Crippen LogP contribution in [0, 0.1) is 0 Å². The molecule has 2 heterocycles. The Labute approximate surface area is 198 Å². The van der Waals surface area contributed by atoms with Crippen molar-refractivity contribution < 1.29 is 0 Å². The molecule has 5 aromatic rings. The third-order valence-electron chi connectivity index (χ3n) is 5.93. The summed E-state index contributed by atoms with van der Waals surface area (Å²) < 4.78 is 0. The van der Waals surface area contributed by atoms with E-state index in [4.69, 9.17) is 16.6 Å². The van der Waals surface area contributed by atoms with Gasteiger partial charge in [0, 0.05) is 78.4 Å². The van der Waals surface area contributed by atoms with Crippen LogP contribution in [-0.4, -0.2) is 43.1 Å². The van der Waals surface area contributed by atoms with Gasteiger partial charge in [0.15, 0.2) is 0 Å². The van der Waals surface area contributed by atoms with Crippen LogP contribution in [0.2, 0.25) is 5.02 Å². The molecule has 0 spiro atoms. The van der Waals surface area contributed by atoms with E-state index in [1.165, 1.54) is 0 Å². The van der Waals surface area contributed by atoms with Gasteiger partial charge in [-0.1, -0.05) is 35.9 Å². The highest BCUT2D eigenvalue weighted by molar-refractivity contribution is 6.31. The summed E-state index contributed by atoms with van der Waals surface area (Å²) in [5.74, 6) is 0.807. The van der Waals surface area contributed by atoms with Crippen LogP contribution in [0.1, 0.15) is 0 Å². The average molecular weight is 456 g/mol. The number of H-pyrrole nitrogens is 2. The number of benzene rings is 3. The van der Waals surface area contributed by atoms with Crippen molar-refractivity contribution in [3.63, 3.8) is 0 Å². The predicted molar refractivity (Wildman–Crippen MR) is 140 cm³/mol. The monoisotopic (exact) mass is 455 g/mol. The first-order chi connectivity index (χ1) is 15.9. The molecule has 3 aromatic carbocycles. The molecular formula is C27H26ClN5. The second-order valence-electron chi connectivity index (χ2n) is 8.58. The maximum atomic E-state index is 6.29. The molecule has 0 atom stereocenters. The number of hydrogen-bond acceptors (Lipinski definition) is 3. The summed E-state index contributed by atoms with van der Waals surface area (Å²) in [6, 6.07) is 22.9. The van der Waals surface area contributed by atoms with Gasteiger partial charge in [-0.15, -0.1) is 0 Å². The summed E-state index contributed by atoms with van der Waals surface area (Å²) in [6.45, 7) is 0. The zero-order valence-corrected chi connectivity index (χ0v) is 19.9. The molecule has 33 heavy (non-hydrogen) atoms. The number of rotatable bonds is 5. The summed E-state index contributed by atoms with van der Waals surface area (Å²) in [6.07, 6.45) is 1.98. The number of halogens is 1. The van der Waals surface area contributed by atoms with E-state index in [9.17, 15) is 0 Å². The highest BCUT2D eigenvalue weighted by atomic mass is 35.5. The maximum Gasteiger partial charge on any atom is 0.140 e.